The summed E-state index contributed by atoms with van der Waals surface area (Å²) in [6.45, 7) is 2.87. The highest BCUT2D eigenvalue weighted by Crippen LogP contribution is 2.34. The number of aromatic nitrogens is 5. The highest BCUT2D eigenvalue weighted by molar-refractivity contribution is 7.13. The van der Waals surface area contributed by atoms with Gasteiger partial charge in [-0.25, -0.2) is 0 Å². The Hall–Kier alpha value is -3.20. The monoisotopic (exact) mass is 382 g/mol. The van der Waals surface area contributed by atoms with Crippen LogP contribution >= 0.6 is 11.3 Å². The van der Waals surface area contributed by atoms with Gasteiger partial charge in [-0.2, -0.15) is 10.2 Å². The van der Waals surface area contributed by atoms with Crippen LogP contribution in [-0.2, 0) is 13.6 Å². The quantitative estimate of drug-likeness (QED) is 0.554. The Balaban J connectivity index is 1.54. The minimum Gasteiger partial charge on any atom is -0.356 e. The van der Waals surface area contributed by atoms with Crippen LogP contribution in [0.2, 0.25) is 0 Å². The second kappa shape index (κ2) is 7.20. The lowest BCUT2D eigenvalue weighted by molar-refractivity contribution is 0.0952. The Bertz CT molecular complexity index is 1060. The van der Waals surface area contributed by atoms with Gasteiger partial charge in [-0.3, -0.25) is 14.2 Å². The molecule has 0 aliphatic carbocycles. The molecule has 0 saturated carbocycles. The zero-order chi connectivity index (χ0) is 18.8. The molecule has 0 radical (unpaired) electrons. The highest BCUT2D eigenvalue weighted by Gasteiger charge is 2.19. The molecule has 27 heavy (non-hydrogen) atoms. The fourth-order valence-corrected chi connectivity index (χ4v) is 3.60. The number of carbonyl (C=O) groups excluding carboxylic acids is 1. The molecule has 0 aliphatic rings. The first kappa shape index (κ1) is 17.2. The molecule has 4 aromatic heterocycles. The van der Waals surface area contributed by atoms with Gasteiger partial charge < -0.3 is 9.84 Å². The average molecular weight is 382 g/mol. The maximum atomic E-state index is 12.2. The largest absolute Gasteiger partial charge is 0.356 e. The van der Waals surface area contributed by atoms with E-state index < -0.39 is 0 Å². The minimum absolute atomic E-state index is 0.154. The van der Waals surface area contributed by atoms with Crippen molar-refractivity contribution in [1.82, 2.24) is 30.0 Å². The second-order valence-corrected chi connectivity index (χ2v) is 7.05. The third-order valence-corrected chi connectivity index (χ3v) is 4.94. The Morgan fingerprint density at radius 2 is 2.22 bits per heavy atom. The van der Waals surface area contributed by atoms with E-state index in [1.165, 1.54) is 0 Å². The molecular formula is C18H18N6O2S. The van der Waals surface area contributed by atoms with Crippen LogP contribution in [0.15, 0.2) is 46.7 Å². The van der Waals surface area contributed by atoms with E-state index in [0.29, 0.717) is 24.4 Å². The smallest absolute Gasteiger partial charge is 0.254 e. The van der Waals surface area contributed by atoms with E-state index in [1.807, 2.05) is 35.2 Å². The molecule has 0 atom stereocenters. The minimum atomic E-state index is -0.154. The summed E-state index contributed by atoms with van der Waals surface area (Å²) >= 11 is 1.63. The average Bonchev–Trinajstić information content (AvgIpc) is 3.40. The second-order valence-electron chi connectivity index (χ2n) is 6.10. The maximum absolute atomic E-state index is 12.2. The van der Waals surface area contributed by atoms with E-state index in [4.69, 9.17) is 4.52 Å². The number of nitrogens with one attached hydrogen (secondary N) is 1. The van der Waals surface area contributed by atoms with Crippen molar-refractivity contribution >= 4 is 17.2 Å². The molecule has 0 aliphatic heterocycles. The number of hydrogen-bond acceptors (Lipinski definition) is 6. The van der Waals surface area contributed by atoms with Crippen LogP contribution in [0.25, 0.3) is 21.9 Å². The predicted octanol–water partition coefficient (Wildman–Crippen LogP) is 2.74. The standard InChI is InChI=1S/C18H18N6O2S/c1-12-8-15(26-22-12)14-10-21-24(17(14)16-4-3-7-27-16)6-5-19-18(25)13-9-20-23(2)11-13/h3-4,7-11H,5-6H2,1-2H3,(H,19,25). The molecule has 4 heterocycles. The summed E-state index contributed by atoms with van der Waals surface area (Å²) in [5.74, 6) is 0.528. The van der Waals surface area contributed by atoms with Gasteiger partial charge in [-0.15, -0.1) is 11.3 Å². The third kappa shape index (κ3) is 3.54. The fourth-order valence-electron chi connectivity index (χ4n) is 2.81. The van der Waals surface area contributed by atoms with E-state index in [1.54, 1.807) is 41.7 Å². The van der Waals surface area contributed by atoms with Gasteiger partial charge >= 0.3 is 0 Å². The normalized spacial score (nSPS) is 11.0. The van der Waals surface area contributed by atoms with Gasteiger partial charge in [0.05, 0.1) is 46.3 Å². The van der Waals surface area contributed by atoms with Crippen LogP contribution < -0.4 is 5.32 Å². The summed E-state index contributed by atoms with van der Waals surface area (Å²) in [4.78, 5) is 13.3. The van der Waals surface area contributed by atoms with Crippen molar-refractivity contribution in [2.24, 2.45) is 7.05 Å². The summed E-state index contributed by atoms with van der Waals surface area (Å²) in [5.41, 5.74) is 3.20. The van der Waals surface area contributed by atoms with Crippen LogP contribution in [0.1, 0.15) is 16.1 Å². The van der Waals surface area contributed by atoms with Crippen molar-refractivity contribution in [2.45, 2.75) is 13.5 Å². The van der Waals surface area contributed by atoms with Crippen molar-refractivity contribution in [2.75, 3.05) is 6.54 Å². The molecule has 0 fully saturated rings. The zero-order valence-electron chi connectivity index (χ0n) is 14.9. The summed E-state index contributed by atoms with van der Waals surface area (Å²) in [6, 6.07) is 5.93. The molecule has 0 saturated heterocycles. The molecule has 9 heteroatoms. The first-order valence-electron chi connectivity index (χ1n) is 8.42. The van der Waals surface area contributed by atoms with E-state index in [-0.39, 0.29) is 5.91 Å². The van der Waals surface area contributed by atoms with Crippen molar-refractivity contribution in [3.05, 3.63) is 53.4 Å². The summed E-state index contributed by atoms with van der Waals surface area (Å²) < 4.78 is 8.91. The van der Waals surface area contributed by atoms with Gasteiger partial charge in [0.2, 0.25) is 0 Å². The van der Waals surface area contributed by atoms with Crippen molar-refractivity contribution in [3.8, 4) is 21.9 Å². The number of rotatable bonds is 6. The first-order valence-corrected chi connectivity index (χ1v) is 9.30. The molecule has 8 nitrogen and oxygen atoms in total. The molecule has 4 aromatic rings. The van der Waals surface area contributed by atoms with E-state index in [0.717, 1.165) is 21.8 Å². The van der Waals surface area contributed by atoms with Gasteiger partial charge in [0.25, 0.3) is 5.91 Å². The maximum Gasteiger partial charge on any atom is 0.254 e. The number of aryl methyl sites for hydroxylation is 2. The van der Waals surface area contributed by atoms with Gasteiger partial charge in [0.1, 0.15) is 0 Å². The van der Waals surface area contributed by atoms with Crippen molar-refractivity contribution < 1.29 is 9.32 Å². The third-order valence-electron chi connectivity index (χ3n) is 4.06. The molecule has 0 unspecified atom stereocenters. The van der Waals surface area contributed by atoms with E-state index in [2.05, 4.69) is 20.7 Å². The predicted molar refractivity (Wildman–Crippen MR) is 101 cm³/mol. The fraction of sp³-hybridized carbons (Fsp3) is 0.222. The molecule has 1 N–H and O–H groups in total. The topological polar surface area (TPSA) is 90.8 Å². The summed E-state index contributed by atoms with van der Waals surface area (Å²) in [5, 5.41) is 17.4. The number of carbonyl (C=O) groups is 1. The molecular weight excluding hydrogens is 364 g/mol. The van der Waals surface area contributed by atoms with Gasteiger partial charge in [0, 0.05) is 25.9 Å². The van der Waals surface area contributed by atoms with Crippen molar-refractivity contribution in [3.63, 3.8) is 0 Å². The van der Waals surface area contributed by atoms with Crippen LogP contribution in [-0.4, -0.2) is 37.2 Å². The summed E-state index contributed by atoms with van der Waals surface area (Å²) in [7, 11) is 1.78. The van der Waals surface area contributed by atoms with Crippen LogP contribution in [0.5, 0.6) is 0 Å². The highest BCUT2D eigenvalue weighted by atomic mass is 32.1. The zero-order valence-corrected chi connectivity index (χ0v) is 15.7. The van der Waals surface area contributed by atoms with E-state index >= 15 is 0 Å². The Morgan fingerprint density at radius 3 is 2.89 bits per heavy atom. The lowest BCUT2D eigenvalue weighted by atomic mass is 10.1. The number of thiophene rings is 1. The molecule has 0 bridgehead atoms. The van der Waals surface area contributed by atoms with Gasteiger partial charge in [-0.05, 0) is 18.4 Å². The molecule has 138 valence electrons. The molecule has 4 rings (SSSR count). The van der Waals surface area contributed by atoms with Crippen molar-refractivity contribution in [1.29, 1.82) is 0 Å². The lowest BCUT2D eigenvalue weighted by Gasteiger charge is -2.08. The van der Waals surface area contributed by atoms with Gasteiger partial charge in [-0.1, -0.05) is 11.2 Å². The van der Waals surface area contributed by atoms with Crippen LogP contribution in [0.3, 0.4) is 0 Å². The Kier molecular flexibility index (Phi) is 4.59. The molecule has 1 amide bonds. The number of nitrogens with zero attached hydrogens (tertiary/aromatic N) is 5. The van der Waals surface area contributed by atoms with Crippen LogP contribution in [0, 0.1) is 6.92 Å². The van der Waals surface area contributed by atoms with Gasteiger partial charge in [0.15, 0.2) is 5.76 Å². The Labute approximate surface area is 159 Å². The lowest BCUT2D eigenvalue weighted by Crippen LogP contribution is -2.27. The summed E-state index contributed by atoms with van der Waals surface area (Å²) in [6.07, 6.45) is 5.01. The first-order chi connectivity index (χ1) is 13.1. The van der Waals surface area contributed by atoms with Crippen LogP contribution in [0.4, 0.5) is 0 Å². The Morgan fingerprint density at radius 1 is 1.33 bits per heavy atom. The molecule has 0 aromatic carbocycles. The number of amides is 1. The van der Waals surface area contributed by atoms with E-state index in [9.17, 15) is 4.79 Å². The SMILES string of the molecule is Cc1cc(-c2cnn(CCNC(=O)c3cnn(C)c3)c2-c2cccs2)on1. The molecule has 0 spiro atoms. The number of hydrogen-bond donors (Lipinski definition) is 1.